The molecule has 2 rings (SSSR count). The second kappa shape index (κ2) is 2.65. The Morgan fingerprint density at radius 1 is 1.17 bits per heavy atom. The molecule has 2 aliphatic rings. The quantitative estimate of drug-likeness (QED) is 0.533. The smallest absolute Gasteiger partial charge is 0.0275 e. The van der Waals surface area contributed by atoms with Crippen LogP contribution in [0.5, 0.6) is 0 Å². The van der Waals surface area contributed by atoms with Crippen molar-refractivity contribution in [2.24, 2.45) is 0 Å². The van der Waals surface area contributed by atoms with Crippen LogP contribution in [0.1, 0.15) is 33.6 Å². The molecule has 0 aromatic rings. The molecule has 0 unspecified atom stereocenters. The van der Waals surface area contributed by atoms with E-state index in [0.29, 0.717) is 5.54 Å². The van der Waals surface area contributed by atoms with Gasteiger partial charge in [-0.3, -0.25) is 4.90 Å². The van der Waals surface area contributed by atoms with Gasteiger partial charge in [-0.15, -0.1) is 0 Å². The Kier molecular flexibility index (Phi) is 1.96. The molecule has 0 amide bonds. The van der Waals surface area contributed by atoms with Gasteiger partial charge in [-0.1, -0.05) is 0 Å². The van der Waals surface area contributed by atoms with Crippen LogP contribution >= 0.6 is 11.8 Å². The van der Waals surface area contributed by atoms with Gasteiger partial charge in [0.05, 0.1) is 0 Å². The Hall–Kier alpha value is 0.310. The second-order valence-electron chi connectivity index (χ2n) is 5.13. The van der Waals surface area contributed by atoms with Crippen LogP contribution < -0.4 is 0 Å². The number of likely N-dealkylation sites (tertiary alicyclic amines) is 1. The predicted molar refractivity (Wildman–Crippen MR) is 55.7 cm³/mol. The maximum absolute atomic E-state index is 2.62. The first-order valence-electron chi connectivity index (χ1n) is 4.91. The molecule has 1 spiro atoms. The van der Waals surface area contributed by atoms with Gasteiger partial charge in [0.2, 0.25) is 0 Å². The van der Waals surface area contributed by atoms with E-state index in [9.17, 15) is 0 Å². The van der Waals surface area contributed by atoms with Gasteiger partial charge >= 0.3 is 0 Å². The Bertz CT molecular complexity index is 169. The highest BCUT2D eigenvalue weighted by atomic mass is 32.2. The molecule has 70 valence electrons. The van der Waals surface area contributed by atoms with Gasteiger partial charge in [-0.25, -0.2) is 0 Å². The fourth-order valence-electron chi connectivity index (χ4n) is 1.98. The van der Waals surface area contributed by atoms with Crippen molar-refractivity contribution in [1.82, 2.24) is 4.90 Å². The number of hydrogen-bond donors (Lipinski definition) is 0. The molecule has 0 aliphatic carbocycles. The first kappa shape index (κ1) is 8.89. The highest BCUT2D eigenvalue weighted by molar-refractivity contribution is 8.07. The van der Waals surface area contributed by atoms with Crippen molar-refractivity contribution in [3.63, 3.8) is 0 Å². The summed E-state index contributed by atoms with van der Waals surface area (Å²) in [4.78, 5) is 2.62. The minimum Gasteiger partial charge on any atom is -0.298 e. The van der Waals surface area contributed by atoms with Crippen molar-refractivity contribution in [3.8, 4) is 0 Å². The Balaban J connectivity index is 1.90. The molecular weight excluding hydrogens is 166 g/mol. The summed E-state index contributed by atoms with van der Waals surface area (Å²) in [5, 5.41) is 0. The van der Waals surface area contributed by atoms with Crippen LogP contribution in [0.3, 0.4) is 0 Å². The van der Waals surface area contributed by atoms with Gasteiger partial charge in [0.15, 0.2) is 0 Å². The molecule has 1 nitrogen and oxygen atoms in total. The first-order chi connectivity index (χ1) is 5.52. The fraction of sp³-hybridized carbons (Fsp3) is 1.00. The van der Waals surface area contributed by atoms with E-state index in [-0.39, 0.29) is 0 Å². The lowest BCUT2D eigenvalue weighted by Gasteiger charge is -2.40. The van der Waals surface area contributed by atoms with E-state index in [2.05, 4.69) is 37.4 Å². The van der Waals surface area contributed by atoms with Crippen LogP contribution in [-0.2, 0) is 0 Å². The van der Waals surface area contributed by atoms with Crippen LogP contribution in [0.2, 0.25) is 0 Å². The SMILES string of the molecule is CC(C)(C)N1CCC2(CC1)CS2. The maximum atomic E-state index is 2.62. The van der Waals surface area contributed by atoms with Gasteiger partial charge < -0.3 is 0 Å². The van der Waals surface area contributed by atoms with Gasteiger partial charge in [0, 0.05) is 29.1 Å². The molecule has 0 N–H and O–H groups in total. The zero-order valence-corrected chi connectivity index (χ0v) is 9.21. The minimum atomic E-state index is 0.390. The molecular formula is C10H19NS. The Morgan fingerprint density at radius 2 is 1.67 bits per heavy atom. The van der Waals surface area contributed by atoms with E-state index in [0.717, 1.165) is 4.75 Å². The molecule has 0 bridgehead atoms. The molecule has 0 aromatic carbocycles. The third kappa shape index (κ3) is 1.64. The summed E-state index contributed by atoms with van der Waals surface area (Å²) < 4.78 is 0.752. The average Bonchev–Trinajstić information content (AvgIpc) is 2.68. The van der Waals surface area contributed by atoms with E-state index in [1.165, 1.54) is 31.7 Å². The molecule has 2 fully saturated rings. The topological polar surface area (TPSA) is 3.24 Å². The summed E-state index contributed by atoms with van der Waals surface area (Å²) in [6, 6.07) is 0. The molecule has 0 radical (unpaired) electrons. The molecule has 0 aromatic heterocycles. The number of hydrogen-bond acceptors (Lipinski definition) is 2. The number of thioether (sulfide) groups is 1. The zero-order chi connectivity index (χ0) is 8.82. The third-order valence-corrected chi connectivity index (χ3v) is 4.69. The summed E-state index contributed by atoms with van der Waals surface area (Å²) in [6.07, 6.45) is 2.85. The summed E-state index contributed by atoms with van der Waals surface area (Å²) >= 11 is 2.18. The number of piperidine rings is 1. The maximum Gasteiger partial charge on any atom is 0.0275 e. The van der Waals surface area contributed by atoms with Crippen LogP contribution in [0.4, 0.5) is 0 Å². The summed E-state index contributed by atoms with van der Waals surface area (Å²) in [7, 11) is 0. The Labute approximate surface area is 79.9 Å². The molecule has 0 saturated carbocycles. The lowest BCUT2D eigenvalue weighted by atomic mass is 9.94. The highest BCUT2D eigenvalue weighted by Crippen LogP contribution is 2.52. The highest BCUT2D eigenvalue weighted by Gasteiger charge is 2.46. The lowest BCUT2D eigenvalue weighted by Crippen LogP contribution is -2.47. The predicted octanol–water partition coefficient (Wildman–Crippen LogP) is 2.37. The van der Waals surface area contributed by atoms with Crippen molar-refractivity contribution in [3.05, 3.63) is 0 Å². The van der Waals surface area contributed by atoms with Crippen molar-refractivity contribution in [2.75, 3.05) is 18.8 Å². The van der Waals surface area contributed by atoms with Crippen LogP contribution in [0, 0.1) is 0 Å². The largest absolute Gasteiger partial charge is 0.298 e. The fourth-order valence-corrected chi connectivity index (χ4v) is 2.94. The van der Waals surface area contributed by atoms with Crippen molar-refractivity contribution in [2.45, 2.75) is 43.9 Å². The van der Waals surface area contributed by atoms with E-state index < -0.39 is 0 Å². The standard InChI is InChI=1S/C10H19NS/c1-9(2,3)11-6-4-10(5-7-11)8-12-10/h4-8H2,1-3H3. The third-order valence-electron chi connectivity index (χ3n) is 3.18. The van der Waals surface area contributed by atoms with Gasteiger partial charge in [-0.05, 0) is 33.6 Å². The van der Waals surface area contributed by atoms with Crippen LogP contribution in [-0.4, -0.2) is 34.0 Å². The van der Waals surface area contributed by atoms with E-state index in [1.54, 1.807) is 0 Å². The molecule has 0 atom stereocenters. The average molecular weight is 185 g/mol. The van der Waals surface area contributed by atoms with Crippen LogP contribution in [0.25, 0.3) is 0 Å². The summed E-state index contributed by atoms with van der Waals surface area (Å²) in [6.45, 7) is 9.61. The first-order valence-corrected chi connectivity index (χ1v) is 5.90. The van der Waals surface area contributed by atoms with Crippen molar-refractivity contribution >= 4 is 11.8 Å². The van der Waals surface area contributed by atoms with E-state index >= 15 is 0 Å². The molecule has 2 aliphatic heterocycles. The lowest BCUT2D eigenvalue weighted by molar-refractivity contribution is 0.104. The van der Waals surface area contributed by atoms with Gasteiger partial charge in [-0.2, -0.15) is 11.8 Å². The van der Waals surface area contributed by atoms with Gasteiger partial charge in [0.25, 0.3) is 0 Å². The Morgan fingerprint density at radius 3 is 2.00 bits per heavy atom. The van der Waals surface area contributed by atoms with Gasteiger partial charge in [0.1, 0.15) is 0 Å². The van der Waals surface area contributed by atoms with Crippen molar-refractivity contribution < 1.29 is 0 Å². The zero-order valence-electron chi connectivity index (χ0n) is 8.39. The second-order valence-corrected chi connectivity index (χ2v) is 6.57. The summed E-state index contributed by atoms with van der Waals surface area (Å²) in [5.41, 5.74) is 0.390. The molecule has 2 heteroatoms. The number of rotatable bonds is 0. The van der Waals surface area contributed by atoms with E-state index in [4.69, 9.17) is 0 Å². The molecule has 12 heavy (non-hydrogen) atoms. The van der Waals surface area contributed by atoms with Crippen LogP contribution in [0.15, 0.2) is 0 Å². The molecule has 2 saturated heterocycles. The monoisotopic (exact) mass is 185 g/mol. The number of nitrogens with zero attached hydrogens (tertiary/aromatic N) is 1. The van der Waals surface area contributed by atoms with E-state index in [1.807, 2.05) is 0 Å². The minimum absolute atomic E-state index is 0.390. The summed E-state index contributed by atoms with van der Waals surface area (Å²) in [5.74, 6) is 1.44. The normalized spacial score (nSPS) is 29.2. The van der Waals surface area contributed by atoms with Crippen molar-refractivity contribution in [1.29, 1.82) is 0 Å². The molecule has 2 heterocycles.